The highest BCUT2D eigenvalue weighted by molar-refractivity contribution is 7.99. The third-order valence-electron chi connectivity index (χ3n) is 2.88. The number of ether oxygens (including phenoxy) is 1. The first-order valence-corrected chi connectivity index (χ1v) is 7.89. The molecule has 0 aliphatic carbocycles. The molecule has 0 aliphatic rings. The zero-order valence-corrected chi connectivity index (χ0v) is 13.2. The fraction of sp³-hybridized carbons (Fsp3) is 0.769. The van der Waals surface area contributed by atoms with E-state index in [1.54, 1.807) is 7.11 Å². The van der Waals surface area contributed by atoms with Crippen LogP contribution < -0.4 is 0 Å². The second kappa shape index (κ2) is 8.97. The van der Waals surface area contributed by atoms with Gasteiger partial charge in [0, 0.05) is 13.5 Å². The largest absolute Gasteiger partial charge is 0.481 e. The van der Waals surface area contributed by atoms with Gasteiger partial charge >= 0.3 is 5.97 Å². The number of carbonyl (C=O) groups is 1. The molecule has 0 aromatic carbocycles. The molecule has 1 N–H and O–H groups in total. The van der Waals surface area contributed by atoms with Crippen LogP contribution in [0.25, 0.3) is 0 Å². The van der Waals surface area contributed by atoms with Gasteiger partial charge < -0.3 is 14.4 Å². The molecule has 6 nitrogen and oxygen atoms in total. The molecule has 0 saturated heterocycles. The first kappa shape index (κ1) is 17.0. The molecular weight excluding hydrogens is 278 g/mol. The second-order valence-corrected chi connectivity index (χ2v) is 5.54. The van der Waals surface area contributed by atoms with Gasteiger partial charge in [0.05, 0.1) is 18.4 Å². The van der Waals surface area contributed by atoms with Gasteiger partial charge in [-0.25, -0.2) is 0 Å². The summed E-state index contributed by atoms with van der Waals surface area (Å²) in [5, 5.41) is 17.9. The van der Waals surface area contributed by atoms with Gasteiger partial charge in [-0.3, -0.25) is 4.79 Å². The minimum atomic E-state index is -0.847. The van der Waals surface area contributed by atoms with Crippen molar-refractivity contribution in [2.45, 2.75) is 50.7 Å². The Bertz CT molecular complexity index is 417. The van der Waals surface area contributed by atoms with E-state index in [1.165, 1.54) is 11.8 Å². The molecular formula is C13H23N3O3S. The van der Waals surface area contributed by atoms with Gasteiger partial charge in [-0.1, -0.05) is 32.0 Å². The van der Waals surface area contributed by atoms with E-state index in [0.717, 1.165) is 31.5 Å². The van der Waals surface area contributed by atoms with Gasteiger partial charge in [-0.15, -0.1) is 10.2 Å². The van der Waals surface area contributed by atoms with Gasteiger partial charge in [-0.05, 0) is 12.8 Å². The number of nitrogens with zero attached hydrogens (tertiary/aromatic N) is 3. The number of aromatic nitrogens is 3. The van der Waals surface area contributed by atoms with E-state index < -0.39 is 5.97 Å². The fourth-order valence-corrected chi connectivity index (χ4v) is 2.85. The number of hydrogen-bond acceptors (Lipinski definition) is 5. The number of carboxylic acids is 1. The Morgan fingerprint density at radius 1 is 1.40 bits per heavy atom. The second-order valence-electron chi connectivity index (χ2n) is 4.60. The molecule has 0 saturated carbocycles. The maximum absolute atomic E-state index is 10.7. The van der Waals surface area contributed by atoms with E-state index in [9.17, 15) is 4.79 Å². The Kier molecular flexibility index (Phi) is 7.61. The predicted octanol–water partition coefficient (Wildman–Crippen LogP) is 2.39. The van der Waals surface area contributed by atoms with Crippen molar-refractivity contribution in [3.8, 4) is 0 Å². The minimum absolute atomic E-state index is 0.00388. The van der Waals surface area contributed by atoms with Gasteiger partial charge in [-0.2, -0.15) is 0 Å². The van der Waals surface area contributed by atoms with Crippen molar-refractivity contribution in [3.63, 3.8) is 0 Å². The van der Waals surface area contributed by atoms with Crippen LogP contribution in [0.3, 0.4) is 0 Å². The number of aliphatic carboxylic acids is 1. The molecule has 1 rings (SSSR count). The lowest BCUT2D eigenvalue weighted by atomic mass is 10.1. The van der Waals surface area contributed by atoms with E-state index in [-0.39, 0.29) is 11.8 Å². The van der Waals surface area contributed by atoms with Crippen LogP contribution in [0, 0.1) is 0 Å². The number of carboxylic acid groups (broad SMARTS) is 1. The maximum atomic E-state index is 10.7. The summed E-state index contributed by atoms with van der Waals surface area (Å²) in [6.45, 7) is 4.80. The Hall–Kier alpha value is -1.08. The molecule has 1 aromatic rings. The summed E-state index contributed by atoms with van der Waals surface area (Å²) >= 11 is 1.22. The Balaban J connectivity index is 3.01. The van der Waals surface area contributed by atoms with Crippen molar-refractivity contribution in [1.29, 1.82) is 0 Å². The standard InChI is InChI=1S/C13H23N3O3S/c1-4-6-10(8-19-3)16-11(7-5-2)14-15-13(16)20-9-12(17)18/h10H,4-9H2,1-3H3,(H,17,18). The van der Waals surface area contributed by atoms with E-state index >= 15 is 0 Å². The van der Waals surface area contributed by atoms with E-state index in [1.807, 2.05) is 0 Å². The van der Waals surface area contributed by atoms with Gasteiger partial charge in [0.15, 0.2) is 5.16 Å². The van der Waals surface area contributed by atoms with E-state index in [0.29, 0.717) is 11.8 Å². The Morgan fingerprint density at radius 2 is 2.15 bits per heavy atom. The fourth-order valence-electron chi connectivity index (χ4n) is 2.11. The lowest BCUT2D eigenvalue weighted by molar-refractivity contribution is -0.133. The molecule has 1 unspecified atom stereocenters. The van der Waals surface area contributed by atoms with Crippen LogP contribution in [-0.4, -0.2) is 45.3 Å². The molecule has 0 radical (unpaired) electrons. The van der Waals surface area contributed by atoms with Crippen molar-refractivity contribution in [3.05, 3.63) is 5.82 Å². The van der Waals surface area contributed by atoms with Crippen molar-refractivity contribution >= 4 is 17.7 Å². The molecule has 7 heteroatoms. The van der Waals surface area contributed by atoms with Crippen LogP contribution in [0.4, 0.5) is 0 Å². The van der Waals surface area contributed by atoms with Gasteiger partial charge in [0.2, 0.25) is 0 Å². The van der Waals surface area contributed by atoms with Crippen LogP contribution in [0.5, 0.6) is 0 Å². The van der Waals surface area contributed by atoms with Crippen LogP contribution >= 0.6 is 11.8 Å². The monoisotopic (exact) mass is 301 g/mol. The number of thioether (sulfide) groups is 1. The summed E-state index contributed by atoms with van der Waals surface area (Å²) in [7, 11) is 1.68. The predicted molar refractivity (Wildman–Crippen MR) is 78.2 cm³/mol. The van der Waals surface area contributed by atoms with Crippen LogP contribution in [0.2, 0.25) is 0 Å². The Morgan fingerprint density at radius 3 is 2.70 bits per heavy atom. The molecule has 0 aliphatic heterocycles. The maximum Gasteiger partial charge on any atom is 0.313 e. The lowest BCUT2D eigenvalue weighted by Gasteiger charge is -2.20. The summed E-state index contributed by atoms with van der Waals surface area (Å²) in [6.07, 6.45) is 3.81. The molecule has 1 aromatic heterocycles. The summed E-state index contributed by atoms with van der Waals surface area (Å²) in [5.74, 6) is 0.0621. The average molecular weight is 301 g/mol. The van der Waals surface area contributed by atoms with Crippen molar-refractivity contribution in [2.24, 2.45) is 0 Å². The molecule has 0 fully saturated rings. The van der Waals surface area contributed by atoms with Crippen molar-refractivity contribution in [1.82, 2.24) is 14.8 Å². The highest BCUT2D eigenvalue weighted by Crippen LogP contribution is 2.25. The number of hydrogen-bond donors (Lipinski definition) is 1. The van der Waals surface area contributed by atoms with Gasteiger partial charge in [0.25, 0.3) is 0 Å². The van der Waals surface area contributed by atoms with Crippen molar-refractivity contribution < 1.29 is 14.6 Å². The zero-order chi connectivity index (χ0) is 15.0. The topological polar surface area (TPSA) is 77.2 Å². The molecule has 1 atom stereocenters. The minimum Gasteiger partial charge on any atom is -0.481 e. The third kappa shape index (κ3) is 4.79. The first-order chi connectivity index (χ1) is 9.63. The molecule has 0 bridgehead atoms. The van der Waals surface area contributed by atoms with E-state index in [4.69, 9.17) is 9.84 Å². The molecule has 1 heterocycles. The smallest absolute Gasteiger partial charge is 0.313 e. The normalized spacial score (nSPS) is 12.6. The summed E-state index contributed by atoms with van der Waals surface area (Å²) < 4.78 is 7.35. The van der Waals surface area contributed by atoms with Gasteiger partial charge in [0.1, 0.15) is 5.82 Å². The zero-order valence-electron chi connectivity index (χ0n) is 12.3. The highest BCUT2D eigenvalue weighted by Gasteiger charge is 2.20. The van der Waals surface area contributed by atoms with Crippen LogP contribution in [-0.2, 0) is 16.0 Å². The number of methoxy groups -OCH3 is 1. The van der Waals surface area contributed by atoms with E-state index in [2.05, 4.69) is 28.6 Å². The number of aryl methyl sites for hydroxylation is 1. The molecule has 0 amide bonds. The Labute approximate surface area is 123 Å². The molecule has 0 spiro atoms. The summed E-state index contributed by atoms with van der Waals surface area (Å²) in [5.41, 5.74) is 0. The first-order valence-electron chi connectivity index (χ1n) is 6.91. The summed E-state index contributed by atoms with van der Waals surface area (Å²) in [4.78, 5) is 10.7. The summed E-state index contributed by atoms with van der Waals surface area (Å²) in [6, 6.07) is 0.165. The van der Waals surface area contributed by atoms with Crippen LogP contribution in [0.1, 0.15) is 45.0 Å². The molecule has 114 valence electrons. The SMILES string of the molecule is CCCc1nnc(SCC(=O)O)n1C(CCC)COC. The highest BCUT2D eigenvalue weighted by atomic mass is 32.2. The third-order valence-corrected chi connectivity index (χ3v) is 3.81. The lowest BCUT2D eigenvalue weighted by Crippen LogP contribution is -2.18. The number of rotatable bonds is 10. The quantitative estimate of drug-likeness (QED) is 0.669. The van der Waals surface area contributed by atoms with Crippen LogP contribution in [0.15, 0.2) is 5.16 Å². The van der Waals surface area contributed by atoms with Crippen molar-refractivity contribution in [2.75, 3.05) is 19.5 Å². The average Bonchev–Trinajstić information content (AvgIpc) is 2.79. The molecule has 20 heavy (non-hydrogen) atoms.